The number of hydrogen-bond donors (Lipinski definition) is 1. The molecule has 2 aromatic heterocycles. The smallest absolute Gasteiger partial charge is 0.308 e. The van der Waals surface area contributed by atoms with E-state index in [1.807, 2.05) is 12.1 Å². The van der Waals surface area contributed by atoms with Crippen molar-refractivity contribution in [1.29, 1.82) is 0 Å². The molecular formula is C13H12BrN3O2. The van der Waals surface area contributed by atoms with Crippen molar-refractivity contribution in [2.75, 3.05) is 18.0 Å². The van der Waals surface area contributed by atoms with Crippen molar-refractivity contribution in [1.82, 2.24) is 9.97 Å². The molecule has 0 spiro atoms. The Balaban J connectivity index is 2.00. The summed E-state index contributed by atoms with van der Waals surface area (Å²) in [7, 11) is 0. The van der Waals surface area contributed by atoms with E-state index < -0.39 is 5.97 Å². The summed E-state index contributed by atoms with van der Waals surface area (Å²) in [4.78, 5) is 21.8. The Morgan fingerprint density at radius 2 is 2.32 bits per heavy atom. The molecule has 0 amide bonds. The second kappa shape index (κ2) is 4.77. The van der Waals surface area contributed by atoms with Gasteiger partial charge in [-0.15, -0.1) is 0 Å². The van der Waals surface area contributed by atoms with Gasteiger partial charge in [-0.25, -0.2) is 0 Å². The normalized spacial score (nSPS) is 19.0. The fourth-order valence-electron chi connectivity index (χ4n) is 2.43. The van der Waals surface area contributed by atoms with Crippen molar-refractivity contribution < 1.29 is 9.90 Å². The van der Waals surface area contributed by atoms with E-state index in [0.717, 1.165) is 27.7 Å². The Bertz CT molecular complexity index is 647. The van der Waals surface area contributed by atoms with Crippen molar-refractivity contribution in [2.45, 2.75) is 6.42 Å². The van der Waals surface area contributed by atoms with Gasteiger partial charge in [-0.2, -0.15) is 0 Å². The number of fused-ring (bicyclic) bond motifs is 1. The van der Waals surface area contributed by atoms with Crippen LogP contribution >= 0.6 is 15.9 Å². The molecule has 19 heavy (non-hydrogen) atoms. The molecule has 0 radical (unpaired) electrons. The van der Waals surface area contributed by atoms with Gasteiger partial charge in [0, 0.05) is 30.0 Å². The second-order valence-electron chi connectivity index (χ2n) is 4.62. The van der Waals surface area contributed by atoms with Gasteiger partial charge in [-0.1, -0.05) is 0 Å². The predicted octanol–water partition coefficient (Wildman–Crippen LogP) is 2.30. The van der Waals surface area contributed by atoms with Crippen LogP contribution < -0.4 is 4.90 Å². The first-order valence-electron chi connectivity index (χ1n) is 6.03. The lowest BCUT2D eigenvalue weighted by atomic mass is 10.1. The summed E-state index contributed by atoms with van der Waals surface area (Å²) in [6.45, 7) is 1.28. The van der Waals surface area contributed by atoms with E-state index in [2.05, 4.69) is 30.8 Å². The molecule has 3 rings (SSSR count). The molecule has 1 N–H and O–H groups in total. The summed E-state index contributed by atoms with van der Waals surface area (Å²) in [6.07, 6.45) is 4.15. The fraction of sp³-hybridized carbons (Fsp3) is 0.308. The monoisotopic (exact) mass is 321 g/mol. The van der Waals surface area contributed by atoms with E-state index in [4.69, 9.17) is 5.11 Å². The molecule has 0 bridgehead atoms. The molecule has 1 saturated heterocycles. The van der Waals surface area contributed by atoms with Crippen molar-refractivity contribution in [3.05, 3.63) is 29.0 Å². The molecule has 0 saturated carbocycles. The lowest BCUT2D eigenvalue weighted by molar-refractivity contribution is -0.140. The van der Waals surface area contributed by atoms with Gasteiger partial charge in [0.15, 0.2) is 0 Å². The third-order valence-electron chi connectivity index (χ3n) is 3.40. The van der Waals surface area contributed by atoms with Crippen LogP contribution in [0.1, 0.15) is 6.42 Å². The maximum atomic E-state index is 11.0. The van der Waals surface area contributed by atoms with Crippen LogP contribution in [0.25, 0.3) is 11.0 Å². The van der Waals surface area contributed by atoms with Crippen molar-refractivity contribution in [3.63, 3.8) is 0 Å². The van der Waals surface area contributed by atoms with Crippen molar-refractivity contribution >= 4 is 38.6 Å². The van der Waals surface area contributed by atoms with E-state index in [0.29, 0.717) is 13.0 Å². The lowest BCUT2D eigenvalue weighted by Gasteiger charge is -2.19. The first kappa shape index (κ1) is 12.3. The number of aromatic nitrogens is 2. The van der Waals surface area contributed by atoms with Crippen molar-refractivity contribution in [2.24, 2.45) is 5.92 Å². The first-order chi connectivity index (χ1) is 9.15. The second-order valence-corrected chi connectivity index (χ2v) is 5.54. The number of hydrogen-bond acceptors (Lipinski definition) is 4. The Hall–Kier alpha value is -1.69. The number of carbonyl (C=O) groups is 1. The zero-order chi connectivity index (χ0) is 13.4. The van der Waals surface area contributed by atoms with Crippen LogP contribution in [0.3, 0.4) is 0 Å². The zero-order valence-electron chi connectivity index (χ0n) is 10.1. The summed E-state index contributed by atoms with van der Waals surface area (Å²) in [6, 6.07) is 3.81. The minimum Gasteiger partial charge on any atom is -0.481 e. The standard InChI is InChI=1S/C13H12BrN3O2/c14-9-5-10-12(16-6-9)11(1-3-15-10)17-4-2-8(7-17)13(18)19/h1,3,5-6,8H,2,4,7H2,(H,18,19). The number of carboxylic acid groups (broad SMARTS) is 1. The summed E-state index contributed by atoms with van der Waals surface area (Å²) in [5, 5.41) is 9.07. The molecule has 5 nitrogen and oxygen atoms in total. The highest BCUT2D eigenvalue weighted by Gasteiger charge is 2.29. The molecular weight excluding hydrogens is 310 g/mol. The van der Waals surface area contributed by atoms with Gasteiger partial charge in [-0.05, 0) is 34.5 Å². The Kier molecular flexibility index (Phi) is 3.10. The fourth-order valence-corrected chi connectivity index (χ4v) is 2.75. The average Bonchev–Trinajstić information content (AvgIpc) is 2.87. The topological polar surface area (TPSA) is 66.3 Å². The first-order valence-corrected chi connectivity index (χ1v) is 6.82. The van der Waals surface area contributed by atoms with Gasteiger partial charge in [0.1, 0.15) is 5.52 Å². The molecule has 0 aliphatic carbocycles. The molecule has 1 aliphatic rings. The molecule has 1 atom stereocenters. The van der Waals surface area contributed by atoms with Gasteiger partial charge in [0.2, 0.25) is 0 Å². The van der Waals surface area contributed by atoms with E-state index in [9.17, 15) is 4.79 Å². The lowest BCUT2D eigenvalue weighted by Crippen LogP contribution is -2.23. The van der Waals surface area contributed by atoms with E-state index in [1.165, 1.54) is 0 Å². The Labute approximate surface area is 118 Å². The number of anilines is 1. The summed E-state index contributed by atoms with van der Waals surface area (Å²) >= 11 is 3.38. The highest BCUT2D eigenvalue weighted by Crippen LogP contribution is 2.29. The Morgan fingerprint density at radius 3 is 3.05 bits per heavy atom. The number of nitrogens with zero attached hydrogens (tertiary/aromatic N) is 3. The minimum atomic E-state index is -0.725. The number of aliphatic carboxylic acids is 1. The molecule has 1 aliphatic heterocycles. The van der Waals surface area contributed by atoms with Crippen LogP contribution in [0.5, 0.6) is 0 Å². The SMILES string of the molecule is O=C(O)C1CCN(c2ccnc3cc(Br)cnc23)C1. The maximum Gasteiger partial charge on any atom is 0.308 e. The van der Waals surface area contributed by atoms with E-state index >= 15 is 0 Å². The Morgan fingerprint density at radius 1 is 1.47 bits per heavy atom. The molecule has 3 heterocycles. The third kappa shape index (κ3) is 2.28. The predicted molar refractivity (Wildman–Crippen MR) is 75.2 cm³/mol. The molecule has 2 aromatic rings. The number of pyridine rings is 2. The highest BCUT2D eigenvalue weighted by atomic mass is 79.9. The summed E-state index contributed by atoms with van der Waals surface area (Å²) < 4.78 is 0.884. The molecule has 1 fully saturated rings. The molecule has 0 aromatic carbocycles. The van der Waals surface area contributed by atoms with Crippen LogP contribution in [-0.2, 0) is 4.79 Å². The molecule has 6 heteroatoms. The summed E-state index contributed by atoms with van der Waals surface area (Å²) in [5.74, 6) is -1.02. The third-order valence-corrected chi connectivity index (χ3v) is 3.83. The van der Waals surface area contributed by atoms with E-state index in [-0.39, 0.29) is 5.92 Å². The summed E-state index contributed by atoms with van der Waals surface area (Å²) in [5.41, 5.74) is 2.59. The van der Waals surface area contributed by atoms with Gasteiger partial charge in [0.25, 0.3) is 0 Å². The van der Waals surface area contributed by atoms with E-state index in [1.54, 1.807) is 12.4 Å². The van der Waals surface area contributed by atoms with Crippen LogP contribution in [0, 0.1) is 5.92 Å². The molecule has 98 valence electrons. The van der Waals surface area contributed by atoms with Crippen LogP contribution in [0.2, 0.25) is 0 Å². The van der Waals surface area contributed by atoms with Crippen LogP contribution in [-0.4, -0.2) is 34.1 Å². The molecule has 1 unspecified atom stereocenters. The quantitative estimate of drug-likeness (QED) is 0.919. The van der Waals surface area contributed by atoms with Gasteiger partial charge in [0.05, 0.1) is 17.1 Å². The maximum absolute atomic E-state index is 11.0. The van der Waals surface area contributed by atoms with Crippen LogP contribution in [0.15, 0.2) is 29.0 Å². The zero-order valence-corrected chi connectivity index (χ0v) is 11.7. The number of rotatable bonds is 2. The highest BCUT2D eigenvalue weighted by molar-refractivity contribution is 9.10. The number of halogens is 1. The average molecular weight is 322 g/mol. The number of carboxylic acids is 1. The van der Waals surface area contributed by atoms with Crippen LogP contribution in [0.4, 0.5) is 5.69 Å². The minimum absolute atomic E-state index is 0.293. The van der Waals surface area contributed by atoms with Gasteiger partial charge < -0.3 is 10.0 Å². The largest absolute Gasteiger partial charge is 0.481 e. The van der Waals surface area contributed by atoms with Gasteiger partial charge in [-0.3, -0.25) is 14.8 Å². The van der Waals surface area contributed by atoms with Crippen molar-refractivity contribution in [3.8, 4) is 0 Å². The van der Waals surface area contributed by atoms with Gasteiger partial charge >= 0.3 is 5.97 Å².